The van der Waals surface area contributed by atoms with E-state index in [1.807, 2.05) is 37.2 Å². The Labute approximate surface area is 201 Å². The molecule has 0 aliphatic heterocycles. The van der Waals surface area contributed by atoms with Crippen LogP contribution in [0, 0.1) is 20.2 Å². The molecule has 32 heavy (non-hydrogen) atoms. The number of carbonyl (C=O) groups excluding carboxylic acids is 1. The number of amides is 1. The first-order valence-corrected chi connectivity index (χ1v) is 10.7. The first kappa shape index (κ1) is 25.6. The van der Waals surface area contributed by atoms with E-state index in [-0.39, 0.29) is 18.0 Å². The van der Waals surface area contributed by atoms with Gasteiger partial charge in [-0.25, -0.2) is 4.98 Å². The average Bonchev–Trinajstić information content (AvgIpc) is 3.12. The monoisotopic (exact) mass is 543 g/mol. The third kappa shape index (κ3) is 5.97. The van der Waals surface area contributed by atoms with Gasteiger partial charge >= 0.3 is 0 Å². The predicted octanol–water partition coefficient (Wildman–Crippen LogP) is 4.90. The molecule has 0 saturated heterocycles. The van der Waals surface area contributed by atoms with Gasteiger partial charge in [0.15, 0.2) is 5.13 Å². The van der Waals surface area contributed by atoms with Crippen LogP contribution in [0.2, 0.25) is 0 Å². The van der Waals surface area contributed by atoms with Crippen LogP contribution in [-0.2, 0) is 0 Å². The zero-order chi connectivity index (χ0) is 22.7. The number of non-ortho nitro benzene ring substituents is 2. The summed E-state index contributed by atoms with van der Waals surface area (Å²) in [7, 11) is 3.82. The minimum absolute atomic E-state index is 0. The number of nitro groups is 2. The minimum Gasteiger partial charge on any atom is -0.309 e. The second kappa shape index (κ2) is 10.8. The molecular formula is C19H19BrClN5O5S. The number of carbonyl (C=O) groups is 1. The van der Waals surface area contributed by atoms with Crippen LogP contribution in [0.1, 0.15) is 16.8 Å². The molecule has 10 nitrogen and oxygen atoms in total. The van der Waals surface area contributed by atoms with Crippen molar-refractivity contribution in [1.82, 2.24) is 9.88 Å². The van der Waals surface area contributed by atoms with Crippen LogP contribution in [0.25, 0.3) is 10.2 Å². The third-order valence-corrected chi connectivity index (χ3v) is 5.91. The molecule has 2 aromatic carbocycles. The standard InChI is InChI=1S/C19H18BrN5O5S.ClH/c1-22(2)6-3-7-23(19-21-16-5-4-13(20)10-17(16)31-19)18(26)12-8-14(24(27)28)11-15(9-12)25(29)30;/h4-5,8-11H,3,6-7H2,1-2H3;1H. The van der Waals surface area contributed by atoms with Crippen molar-refractivity contribution in [1.29, 1.82) is 0 Å². The Balaban J connectivity index is 0.00000363. The molecule has 170 valence electrons. The molecule has 1 aromatic heterocycles. The van der Waals surface area contributed by atoms with Crippen LogP contribution in [-0.4, -0.2) is 52.8 Å². The van der Waals surface area contributed by atoms with Gasteiger partial charge in [-0.05, 0) is 45.3 Å². The molecular weight excluding hydrogens is 526 g/mol. The van der Waals surface area contributed by atoms with Crippen molar-refractivity contribution < 1.29 is 14.6 Å². The Morgan fingerprint density at radius 2 is 1.69 bits per heavy atom. The Morgan fingerprint density at radius 3 is 2.25 bits per heavy atom. The van der Waals surface area contributed by atoms with E-state index in [4.69, 9.17) is 0 Å². The van der Waals surface area contributed by atoms with Gasteiger partial charge in [-0.3, -0.25) is 29.9 Å². The smallest absolute Gasteiger partial charge is 0.277 e. The molecule has 0 radical (unpaired) electrons. The molecule has 1 amide bonds. The number of halogens is 2. The molecule has 0 saturated carbocycles. The first-order chi connectivity index (χ1) is 14.7. The Morgan fingerprint density at radius 1 is 1.06 bits per heavy atom. The largest absolute Gasteiger partial charge is 0.309 e. The van der Waals surface area contributed by atoms with Gasteiger partial charge in [0.25, 0.3) is 17.3 Å². The van der Waals surface area contributed by atoms with Gasteiger partial charge in [0.1, 0.15) is 0 Å². The molecule has 3 aromatic rings. The quantitative estimate of drug-likeness (QED) is 0.292. The summed E-state index contributed by atoms with van der Waals surface area (Å²) in [4.78, 5) is 42.2. The number of benzene rings is 2. The van der Waals surface area contributed by atoms with Crippen LogP contribution in [0.5, 0.6) is 0 Å². The maximum Gasteiger partial charge on any atom is 0.277 e. The SMILES string of the molecule is CN(C)CCCN(C(=O)c1cc([N+](=O)[O-])cc([N+](=O)[O-])c1)c1nc2ccc(Br)cc2s1.Cl. The van der Waals surface area contributed by atoms with Gasteiger partial charge in [0.05, 0.1) is 31.7 Å². The summed E-state index contributed by atoms with van der Waals surface area (Å²) < 4.78 is 1.73. The van der Waals surface area contributed by atoms with E-state index >= 15 is 0 Å². The lowest BCUT2D eigenvalue weighted by Gasteiger charge is -2.21. The van der Waals surface area contributed by atoms with Crippen LogP contribution < -0.4 is 4.90 Å². The molecule has 13 heteroatoms. The summed E-state index contributed by atoms with van der Waals surface area (Å²) in [6.45, 7) is 1.00. The Hall–Kier alpha value is -2.67. The zero-order valence-corrected chi connectivity index (χ0v) is 20.3. The van der Waals surface area contributed by atoms with Crippen molar-refractivity contribution >= 4 is 72.3 Å². The van der Waals surface area contributed by atoms with Crippen LogP contribution >= 0.6 is 39.7 Å². The van der Waals surface area contributed by atoms with Crippen molar-refractivity contribution in [2.24, 2.45) is 0 Å². The molecule has 0 atom stereocenters. The van der Waals surface area contributed by atoms with Crippen molar-refractivity contribution in [3.63, 3.8) is 0 Å². The van der Waals surface area contributed by atoms with E-state index in [1.54, 1.807) is 0 Å². The van der Waals surface area contributed by atoms with Crippen molar-refractivity contribution in [2.75, 3.05) is 32.1 Å². The van der Waals surface area contributed by atoms with Gasteiger partial charge < -0.3 is 4.90 Å². The second-order valence-electron chi connectivity index (χ2n) is 6.97. The van der Waals surface area contributed by atoms with Gasteiger partial charge in [-0.15, -0.1) is 12.4 Å². The van der Waals surface area contributed by atoms with Crippen LogP contribution in [0.3, 0.4) is 0 Å². The van der Waals surface area contributed by atoms with Gasteiger partial charge in [0.2, 0.25) is 0 Å². The van der Waals surface area contributed by atoms with Gasteiger partial charge in [-0.1, -0.05) is 27.3 Å². The van der Waals surface area contributed by atoms with E-state index < -0.39 is 27.1 Å². The molecule has 0 unspecified atom stereocenters. The number of rotatable bonds is 8. The van der Waals surface area contributed by atoms with Gasteiger partial charge in [-0.2, -0.15) is 0 Å². The highest BCUT2D eigenvalue weighted by Gasteiger charge is 2.26. The summed E-state index contributed by atoms with van der Waals surface area (Å²) in [5.74, 6) is -0.580. The number of aromatic nitrogens is 1. The summed E-state index contributed by atoms with van der Waals surface area (Å²) in [5, 5.41) is 22.9. The summed E-state index contributed by atoms with van der Waals surface area (Å²) in [6, 6.07) is 8.49. The maximum absolute atomic E-state index is 13.3. The average molecular weight is 545 g/mol. The predicted molar refractivity (Wildman–Crippen MR) is 129 cm³/mol. The van der Waals surface area contributed by atoms with Gasteiger partial charge in [0, 0.05) is 23.2 Å². The van der Waals surface area contributed by atoms with E-state index in [9.17, 15) is 25.0 Å². The normalized spacial score (nSPS) is 10.8. The summed E-state index contributed by atoms with van der Waals surface area (Å²) in [5.41, 5.74) is -0.456. The third-order valence-electron chi connectivity index (χ3n) is 4.37. The molecule has 0 spiro atoms. The fourth-order valence-corrected chi connectivity index (χ4v) is 4.46. The number of nitro benzene ring substituents is 2. The Bertz CT molecular complexity index is 1140. The number of thiazole rings is 1. The fourth-order valence-electron chi connectivity index (χ4n) is 2.92. The number of hydrogen-bond donors (Lipinski definition) is 0. The molecule has 0 fully saturated rings. The topological polar surface area (TPSA) is 123 Å². The molecule has 0 aliphatic carbocycles. The van der Waals surface area contributed by atoms with E-state index in [1.165, 1.54) is 16.2 Å². The number of anilines is 1. The van der Waals surface area contributed by atoms with Crippen LogP contribution in [0.15, 0.2) is 40.9 Å². The lowest BCUT2D eigenvalue weighted by atomic mass is 10.1. The minimum atomic E-state index is -0.755. The maximum atomic E-state index is 13.3. The zero-order valence-electron chi connectivity index (χ0n) is 17.1. The summed E-state index contributed by atoms with van der Waals surface area (Å²) >= 11 is 4.72. The Kier molecular flexibility index (Phi) is 8.61. The lowest BCUT2D eigenvalue weighted by Crippen LogP contribution is -2.33. The molecule has 3 rings (SSSR count). The molecule has 0 N–H and O–H groups in total. The van der Waals surface area contributed by atoms with Crippen molar-refractivity contribution in [3.8, 4) is 0 Å². The van der Waals surface area contributed by atoms with E-state index in [0.29, 0.717) is 30.2 Å². The molecule has 0 bridgehead atoms. The van der Waals surface area contributed by atoms with E-state index in [2.05, 4.69) is 20.9 Å². The molecule has 0 aliphatic rings. The second-order valence-corrected chi connectivity index (χ2v) is 8.90. The first-order valence-electron chi connectivity index (χ1n) is 9.12. The number of hydrogen-bond acceptors (Lipinski definition) is 8. The number of nitrogens with zero attached hydrogens (tertiary/aromatic N) is 5. The summed E-state index contributed by atoms with van der Waals surface area (Å²) in [6.07, 6.45) is 0.620. The van der Waals surface area contributed by atoms with Crippen LogP contribution in [0.4, 0.5) is 16.5 Å². The molecule has 1 heterocycles. The highest BCUT2D eigenvalue weighted by molar-refractivity contribution is 9.10. The number of fused-ring (bicyclic) bond motifs is 1. The lowest BCUT2D eigenvalue weighted by molar-refractivity contribution is -0.394. The van der Waals surface area contributed by atoms with Crippen molar-refractivity contribution in [2.45, 2.75) is 6.42 Å². The van der Waals surface area contributed by atoms with Crippen molar-refractivity contribution in [3.05, 3.63) is 66.7 Å². The highest BCUT2D eigenvalue weighted by atomic mass is 79.9. The highest BCUT2D eigenvalue weighted by Crippen LogP contribution is 2.32. The fraction of sp³-hybridized carbons (Fsp3) is 0.263. The van der Waals surface area contributed by atoms with E-state index in [0.717, 1.165) is 27.4 Å².